The fraction of sp³-hybridized carbons (Fsp3) is 0.120. The summed E-state index contributed by atoms with van der Waals surface area (Å²) in [5.41, 5.74) is 8.86. The van der Waals surface area contributed by atoms with E-state index in [-0.39, 0.29) is 0 Å². The largest absolute Gasteiger partial charge is 0.344 e. The van der Waals surface area contributed by atoms with Gasteiger partial charge in [0.1, 0.15) is 0 Å². The van der Waals surface area contributed by atoms with Gasteiger partial charge >= 0.3 is 0 Å². The van der Waals surface area contributed by atoms with Crippen LogP contribution in [-0.4, -0.2) is 4.57 Å². The SMILES string of the molecule is Cn1c2ccccc2c2cc(C3=CC=C4C(C3)c3ccccc3N4N)ccc21. The summed E-state index contributed by atoms with van der Waals surface area (Å²) in [5.74, 6) is 6.69. The molecule has 1 atom stereocenters. The predicted octanol–water partition coefficient (Wildman–Crippen LogP) is 5.48. The molecule has 0 saturated heterocycles. The molecule has 3 aromatic carbocycles. The molecule has 0 saturated carbocycles. The highest BCUT2D eigenvalue weighted by Gasteiger charge is 2.34. The van der Waals surface area contributed by atoms with E-state index >= 15 is 0 Å². The van der Waals surface area contributed by atoms with Crippen molar-refractivity contribution in [2.24, 2.45) is 12.9 Å². The number of aryl methyl sites for hydroxylation is 1. The van der Waals surface area contributed by atoms with Gasteiger partial charge in [-0.3, -0.25) is 5.01 Å². The van der Waals surface area contributed by atoms with Gasteiger partial charge in [0.05, 0.1) is 5.69 Å². The van der Waals surface area contributed by atoms with Crippen LogP contribution in [0.1, 0.15) is 23.5 Å². The van der Waals surface area contributed by atoms with Crippen LogP contribution in [-0.2, 0) is 7.05 Å². The second kappa shape index (κ2) is 5.60. The summed E-state index contributed by atoms with van der Waals surface area (Å²) in [6.07, 6.45) is 5.41. The Labute approximate surface area is 164 Å². The van der Waals surface area contributed by atoms with Crippen molar-refractivity contribution in [2.75, 3.05) is 5.01 Å². The van der Waals surface area contributed by atoms with E-state index in [2.05, 4.69) is 90.5 Å². The number of fused-ring (bicyclic) bond motifs is 6. The van der Waals surface area contributed by atoms with Gasteiger partial charge in [-0.25, -0.2) is 5.84 Å². The first-order chi connectivity index (χ1) is 13.7. The zero-order valence-corrected chi connectivity index (χ0v) is 15.8. The van der Waals surface area contributed by atoms with Crippen LogP contribution in [0.4, 0.5) is 5.69 Å². The van der Waals surface area contributed by atoms with Gasteiger partial charge in [0.2, 0.25) is 0 Å². The monoisotopic (exact) mass is 363 g/mol. The minimum atomic E-state index is 0.337. The van der Waals surface area contributed by atoms with Gasteiger partial charge in [-0.15, -0.1) is 0 Å². The first-order valence-electron chi connectivity index (χ1n) is 9.74. The molecule has 4 aromatic rings. The number of anilines is 1. The van der Waals surface area contributed by atoms with Gasteiger partial charge < -0.3 is 4.57 Å². The predicted molar refractivity (Wildman–Crippen MR) is 117 cm³/mol. The van der Waals surface area contributed by atoms with Crippen LogP contribution in [0, 0.1) is 0 Å². The smallest absolute Gasteiger partial charge is 0.0610 e. The molecule has 6 rings (SSSR count). The van der Waals surface area contributed by atoms with Crippen molar-refractivity contribution in [1.29, 1.82) is 0 Å². The summed E-state index contributed by atoms with van der Waals surface area (Å²) >= 11 is 0. The standard InChI is InChI=1S/C25H21N3/c1-27-22-8-4-2-6-18(22)20-14-16(10-12-23(20)27)17-11-13-25-21(15-17)19-7-3-5-9-24(19)28(25)26/h2-14,21H,15,26H2,1H3. The lowest BCUT2D eigenvalue weighted by molar-refractivity contribution is 0.810. The molecule has 2 N–H and O–H groups in total. The Morgan fingerprint density at radius 3 is 2.57 bits per heavy atom. The Balaban J connectivity index is 1.48. The Bertz CT molecular complexity index is 1320. The van der Waals surface area contributed by atoms with Gasteiger partial charge in [0.15, 0.2) is 0 Å². The van der Waals surface area contributed by atoms with Crippen molar-refractivity contribution in [3.05, 3.63) is 95.7 Å². The number of para-hydroxylation sites is 2. The average molecular weight is 363 g/mol. The molecule has 0 fully saturated rings. The number of aromatic nitrogens is 1. The minimum absolute atomic E-state index is 0.337. The minimum Gasteiger partial charge on any atom is -0.344 e. The van der Waals surface area contributed by atoms with E-state index < -0.39 is 0 Å². The molecule has 2 heterocycles. The molecule has 3 nitrogen and oxygen atoms in total. The number of hydrogen-bond acceptors (Lipinski definition) is 2. The third kappa shape index (κ3) is 2.02. The quantitative estimate of drug-likeness (QED) is 0.454. The highest BCUT2D eigenvalue weighted by Crippen LogP contribution is 2.48. The Kier molecular flexibility index (Phi) is 3.15. The molecule has 2 aliphatic rings. The van der Waals surface area contributed by atoms with Crippen molar-refractivity contribution in [1.82, 2.24) is 4.57 Å². The molecule has 1 unspecified atom stereocenters. The lowest BCUT2D eigenvalue weighted by atomic mass is 9.85. The Morgan fingerprint density at radius 1 is 0.857 bits per heavy atom. The van der Waals surface area contributed by atoms with E-state index in [0.29, 0.717) is 5.92 Å². The zero-order valence-electron chi connectivity index (χ0n) is 15.8. The summed E-state index contributed by atoms with van der Waals surface area (Å²) in [5, 5.41) is 4.48. The summed E-state index contributed by atoms with van der Waals surface area (Å²) in [6, 6.07) is 24.0. The number of allylic oxidation sites excluding steroid dienone is 4. The van der Waals surface area contributed by atoms with Gasteiger partial charge in [0.25, 0.3) is 0 Å². The molecule has 136 valence electrons. The molecule has 1 aliphatic carbocycles. The normalized spacial score (nSPS) is 18.2. The van der Waals surface area contributed by atoms with Gasteiger partial charge in [0, 0.05) is 40.5 Å². The Hall–Kier alpha value is -3.30. The average Bonchev–Trinajstić information content (AvgIpc) is 3.20. The van der Waals surface area contributed by atoms with Crippen LogP contribution in [0.2, 0.25) is 0 Å². The third-order valence-corrected chi connectivity index (χ3v) is 6.37. The van der Waals surface area contributed by atoms with E-state index in [1.165, 1.54) is 44.2 Å². The van der Waals surface area contributed by atoms with Crippen LogP contribution in [0.15, 0.2) is 84.6 Å². The Morgan fingerprint density at radius 2 is 1.64 bits per heavy atom. The maximum atomic E-state index is 6.36. The maximum absolute atomic E-state index is 6.36. The van der Waals surface area contributed by atoms with E-state index in [4.69, 9.17) is 5.84 Å². The van der Waals surface area contributed by atoms with Gasteiger partial charge in [-0.05, 0) is 53.5 Å². The fourth-order valence-electron chi connectivity index (χ4n) is 4.93. The zero-order chi connectivity index (χ0) is 18.8. The van der Waals surface area contributed by atoms with Gasteiger partial charge in [-0.2, -0.15) is 0 Å². The number of hydrazine groups is 1. The van der Waals surface area contributed by atoms with E-state index in [0.717, 1.165) is 12.1 Å². The molecular formula is C25H21N3. The van der Waals surface area contributed by atoms with Crippen molar-refractivity contribution in [3.63, 3.8) is 0 Å². The van der Waals surface area contributed by atoms with Crippen LogP contribution >= 0.6 is 0 Å². The molecule has 28 heavy (non-hydrogen) atoms. The number of nitrogens with zero attached hydrogens (tertiary/aromatic N) is 2. The molecule has 3 heteroatoms. The van der Waals surface area contributed by atoms with Crippen molar-refractivity contribution in [2.45, 2.75) is 12.3 Å². The summed E-state index contributed by atoms with van der Waals surface area (Å²) in [7, 11) is 2.14. The fourth-order valence-corrected chi connectivity index (χ4v) is 4.93. The van der Waals surface area contributed by atoms with E-state index in [1.807, 2.05) is 5.01 Å². The highest BCUT2D eigenvalue weighted by molar-refractivity contribution is 6.08. The van der Waals surface area contributed by atoms with Crippen LogP contribution in [0.3, 0.4) is 0 Å². The molecular weight excluding hydrogens is 342 g/mol. The van der Waals surface area contributed by atoms with Crippen LogP contribution < -0.4 is 10.9 Å². The molecule has 1 aliphatic heterocycles. The highest BCUT2D eigenvalue weighted by atomic mass is 15.4. The second-order valence-corrected chi connectivity index (χ2v) is 7.78. The molecule has 0 bridgehead atoms. The number of nitrogens with two attached hydrogens (primary N) is 1. The number of rotatable bonds is 1. The summed E-state index contributed by atoms with van der Waals surface area (Å²) < 4.78 is 2.28. The van der Waals surface area contributed by atoms with E-state index in [1.54, 1.807) is 0 Å². The molecule has 0 spiro atoms. The number of hydrogen-bond donors (Lipinski definition) is 1. The van der Waals surface area contributed by atoms with Crippen molar-refractivity contribution >= 4 is 33.1 Å². The number of benzene rings is 3. The molecule has 0 radical (unpaired) electrons. The van der Waals surface area contributed by atoms with Crippen LogP contribution in [0.25, 0.3) is 27.4 Å². The third-order valence-electron chi connectivity index (χ3n) is 6.37. The lowest BCUT2D eigenvalue weighted by Gasteiger charge is -2.22. The maximum Gasteiger partial charge on any atom is 0.0610 e. The van der Waals surface area contributed by atoms with Crippen LogP contribution in [0.5, 0.6) is 0 Å². The van der Waals surface area contributed by atoms with E-state index in [9.17, 15) is 0 Å². The topological polar surface area (TPSA) is 34.2 Å². The molecule has 1 aromatic heterocycles. The summed E-state index contributed by atoms with van der Waals surface area (Å²) in [6.45, 7) is 0. The lowest BCUT2D eigenvalue weighted by Crippen LogP contribution is -2.28. The summed E-state index contributed by atoms with van der Waals surface area (Å²) in [4.78, 5) is 0. The van der Waals surface area contributed by atoms with Gasteiger partial charge in [-0.1, -0.05) is 48.5 Å². The van der Waals surface area contributed by atoms with Crippen molar-refractivity contribution in [3.8, 4) is 0 Å². The molecule has 0 amide bonds. The first-order valence-corrected chi connectivity index (χ1v) is 9.74. The second-order valence-electron chi connectivity index (χ2n) is 7.78. The first kappa shape index (κ1) is 15.7. The van der Waals surface area contributed by atoms with Crippen molar-refractivity contribution < 1.29 is 0 Å².